The van der Waals surface area contributed by atoms with Crippen LogP contribution in [0.4, 0.5) is 4.79 Å². The molecule has 2 fully saturated rings. The van der Waals surface area contributed by atoms with Crippen LogP contribution in [-0.2, 0) is 14.3 Å². The van der Waals surface area contributed by atoms with Crippen LogP contribution in [0.15, 0.2) is 0 Å². The molecule has 7 heteroatoms. The van der Waals surface area contributed by atoms with Gasteiger partial charge in [-0.25, -0.2) is 4.79 Å². The van der Waals surface area contributed by atoms with E-state index in [1.165, 1.54) is 0 Å². The van der Waals surface area contributed by atoms with Crippen molar-refractivity contribution in [2.24, 2.45) is 11.8 Å². The number of piperidine rings is 2. The highest BCUT2D eigenvalue weighted by Gasteiger charge is 2.35. The molecule has 1 N–H and O–H groups in total. The molecule has 7 nitrogen and oxygen atoms in total. The van der Waals surface area contributed by atoms with Crippen molar-refractivity contribution in [1.82, 2.24) is 15.1 Å². The molecule has 2 rings (SSSR count). The van der Waals surface area contributed by atoms with E-state index in [1.54, 1.807) is 16.8 Å². The Morgan fingerprint density at radius 1 is 0.960 bits per heavy atom. The molecule has 2 atom stereocenters. The second-order valence-corrected chi connectivity index (χ2v) is 8.00. The summed E-state index contributed by atoms with van der Waals surface area (Å²) in [4.78, 5) is 40.4. The Hall–Kier alpha value is -1.79. The van der Waals surface area contributed by atoms with E-state index in [2.05, 4.69) is 5.32 Å². The van der Waals surface area contributed by atoms with E-state index in [1.807, 2.05) is 20.8 Å². The van der Waals surface area contributed by atoms with Crippen LogP contribution in [0, 0.1) is 11.8 Å². The summed E-state index contributed by atoms with van der Waals surface area (Å²) in [5.41, 5.74) is -0.540. The molecule has 3 amide bonds. The SMILES string of the molecule is CNC(=O)[C@H]1CCCN(C(=O)[C@@H]2CCCN(C(=O)OC(C)(C)C)C2)C1. The van der Waals surface area contributed by atoms with Crippen molar-refractivity contribution >= 4 is 17.9 Å². The number of nitrogens with one attached hydrogen (secondary N) is 1. The highest BCUT2D eigenvalue weighted by atomic mass is 16.6. The second kappa shape index (κ2) is 8.06. The first-order valence-corrected chi connectivity index (χ1v) is 9.19. The molecule has 0 aliphatic carbocycles. The second-order valence-electron chi connectivity index (χ2n) is 8.00. The maximum atomic E-state index is 12.9. The summed E-state index contributed by atoms with van der Waals surface area (Å²) in [7, 11) is 1.63. The van der Waals surface area contributed by atoms with Gasteiger partial charge in [0.1, 0.15) is 5.60 Å². The minimum Gasteiger partial charge on any atom is -0.444 e. The van der Waals surface area contributed by atoms with Crippen molar-refractivity contribution in [3.8, 4) is 0 Å². The monoisotopic (exact) mass is 353 g/mol. The third-order valence-electron chi connectivity index (χ3n) is 4.77. The molecule has 2 heterocycles. The fourth-order valence-electron chi connectivity index (χ4n) is 3.52. The molecule has 0 spiro atoms. The van der Waals surface area contributed by atoms with Crippen LogP contribution >= 0.6 is 0 Å². The predicted molar refractivity (Wildman–Crippen MR) is 93.9 cm³/mol. The number of ether oxygens (including phenoxy) is 1. The number of rotatable bonds is 2. The van der Waals surface area contributed by atoms with Crippen molar-refractivity contribution in [1.29, 1.82) is 0 Å². The molecule has 0 aromatic rings. The lowest BCUT2D eigenvalue weighted by molar-refractivity contribution is -0.140. The number of hydrogen-bond donors (Lipinski definition) is 1. The van der Waals surface area contributed by atoms with Crippen LogP contribution in [0.1, 0.15) is 46.5 Å². The average Bonchev–Trinajstić information content (AvgIpc) is 2.59. The van der Waals surface area contributed by atoms with E-state index in [0.29, 0.717) is 26.2 Å². The van der Waals surface area contributed by atoms with Gasteiger partial charge in [0.25, 0.3) is 0 Å². The Kier molecular flexibility index (Phi) is 6.30. The van der Waals surface area contributed by atoms with Crippen LogP contribution in [0.2, 0.25) is 0 Å². The van der Waals surface area contributed by atoms with E-state index < -0.39 is 5.60 Å². The molecule has 2 aliphatic rings. The van der Waals surface area contributed by atoms with Gasteiger partial charge in [0.2, 0.25) is 11.8 Å². The van der Waals surface area contributed by atoms with Gasteiger partial charge in [0.15, 0.2) is 0 Å². The zero-order valence-corrected chi connectivity index (χ0v) is 15.8. The highest BCUT2D eigenvalue weighted by molar-refractivity contribution is 5.83. The summed E-state index contributed by atoms with van der Waals surface area (Å²) in [6, 6.07) is 0. The van der Waals surface area contributed by atoms with Crippen LogP contribution in [0.5, 0.6) is 0 Å². The minimum atomic E-state index is -0.540. The zero-order valence-electron chi connectivity index (χ0n) is 15.8. The number of carbonyl (C=O) groups excluding carboxylic acids is 3. The summed E-state index contributed by atoms with van der Waals surface area (Å²) in [6.45, 7) is 7.70. The van der Waals surface area contributed by atoms with Crippen molar-refractivity contribution in [3.63, 3.8) is 0 Å². The van der Waals surface area contributed by atoms with Gasteiger partial charge in [-0.2, -0.15) is 0 Å². The van der Waals surface area contributed by atoms with Crippen LogP contribution in [0.3, 0.4) is 0 Å². The van der Waals surface area contributed by atoms with Gasteiger partial charge >= 0.3 is 6.09 Å². The first-order chi connectivity index (χ1) is 11.7. The topological polar surface area (TPSA) is 79.0 Å². The van der Waals surface area contributed by atoms with E-state index in [4.69, 9.17) is 4.74 Å². The van der Waals surface area contributed by atoms with Gasteiger partial charge in [0.05, 0.1) is 11.8 Å². The normalized spacial score (nSPS) is 24.6. The number of amides is 3. The molecule has 0 bridgehead atoms. The minimum absolute atomic E-state index is 0.00322. The lowest BCUT2D eigenvalue weighted by atomic mass is 9.93. The fraction of sp³-hybridized carbons (Fsp3) is 0.833. The largest absolute Gasteiger partial charge is 0.444 e. The zero-order chi connectivity index (χ0) is 18.6. The molecule has 2 saturated heterocycles. The Morgan fingerprint density at radius 3 is 2.12 bits per heavy atom. The lowest BCUT2D eigenvalue weighted by Gasteiger charge is -2.38. The summed E-state index contributed by atoms with van der Waals surface area (Å²) in [5.74, 6) is -0.281. The van der Waals surface area contributed by atoms with E-state index in [9.17, 15) is 14.4 Å². The third-order valence-corrected chi connectivity index (χ3v) is 4.77. The Labute approximate surface area is 150 Å². The predicted octanol–water partition coefficient (Wildman–Crippen LogP) is 1.62. The highest BCUT2D eigenvalue weighted by Crippen LogP contribution is 2.24. The van der Waals surface area contributed by atoms with Crippen LogP contribution in [0.25, 0.3) is 0 Å². The lowest BCUT2D eigenvalue weighted by Crippen LogP contribution is -2.51. The number of carbonyl (C=O) groups is 3. The fourth-order valence-corrected chi connectivity index (χ4v) is 3.52. The average molecular weight is 353 g/mol. The smallest absolute Gasteiger partial charge is 0.410 e. The standard InChI is InChI=1S/C18H31N3O4/c1-18(2,3)25-17(24)21-10-6-8-14(12-21)16(23)20-9-5-7-13(11-20)15(22)19-4/h13-14H,5-12H2,1-4H3,(H,19,22)/t13-,14+/m0/s1. The van der Waals surface area contributed by atoms with E-state index in [0.717, 1.165) is 25.7 Å². The van der Waals surface area contributed by atoms with Crippen molar-refractivity contribution in [2.45, 2.75) is 52.1 Å². The maximum Gasteiger partial charge on any atom is 0.410 e. The Morgan fingerprint density at radius 2 is 1.52 bits per heavy atom. The molecule has 25 heavy (non-hydrogen) atoms. The van der Waals surface area contributed by atoms with Gasteiger partial charge in [-0.1, -0.05) is 0 Å². The number of hydrogen-bond acceptors (Lipinski definition) is 4. The molecule has 0 aromatic heterocycles. The van der Waals surface area contributed by atoms with Crippen molar-refractivity contribution in [3.05, 3.63) is 0 Å². The molecule has 0 aromatic carbocycles. The molecule has 2 aliphatic heterocycles. The molecule has 0 saturated carbocycles. The maximum absolute atomic E-state index is 12.9. The first-order valence-electron chi connectivity index (χ1n) is 9.19. The summed E-state index contributed by atoms with van der Waals surface area (Å²) >= 11 is 0. The molecule has 142 valence electrons. The summed E-state index contributed by atoms with van der Waals surface area (Å²) in [5, 5.41) is 2.67. The molecular formula is C18H31N3O4. The molecular weight excluding hydrogens is 322 g/mol. The third kappa shape index (κ3) is 5.34. The Balaban J connectivity index is 1.94. The molecule has 0 radical (unpaired) electrons. The first kappa shape index (κ1) is 19.5. The summed E-state index contributed by atoms with van der Waals surface area (Å²) in [6.07, 6.45) is 2.87. The van der Waals surface area contributed by atoms with Crippen LogP contribution < -0.4 is 5.32 Å². The summed E-state index contributed by atoms with van der Waals surface area (Å²) < 4.78 is 5.42. The van der Waals surface area contributed by atoms with E-state index >= 15 is 0 Å². The van der Waals surface area contributed by atoms with Gasteiger partial charge in [-0.3, -0.25) is 9.59 Å². The van der Waals surface area contributed by atoms with Gasteiger partial charge < -0.3 is 19.9 Å². The van der Waals surface area contributed by atoms with Gasteiger partial charge in [-0.15, -0.1) is 0 Å². The molecule has 0 unspecified atom stereocenters. The quantitative estimate of drug-likeness (QED) is 0.818. The van der Waals surface area contributed by atoms with E-state index in [-0.39, 0.29) is 29.7 Å². The van der Waals surface area contributed by atoms with Crippen molar-refractivity contribution in [2.75, 3.05) is 33.2 Å². The number of nitrogens with zero attached hydrogens (tertiary/aromatic N) is 2. The van der Waals surface area contributed by atoms with Gasteiger partial charge in [-0.05, 0) is 46.5 Å². The Bertz CT molecular complexity index is 515. The van der Waals surface area contributed by atoms with Crippen LogP contribution in [-0.4, -0.2) is 66.5 Å². The number of likely N-dealkylation sites (tertiary alicyclic amines) is 2. The van der Waals surface area contributed by atoms with Crippen molar-refractivity contribution < 1.29 is 19.1 Å². The van der Waals surface area contributed by atoms with Gasteiger partial charge in [0, 0.05) is 33.2 Å².